The van der Waals surface area contributed by atoms with E-state index in [-0.39, 0.29) is 11.6 Å². The molecule has 0 aliphatic carbocycles. The first-order valence-corrected chi connectivity index (χ1v) is 10.8. The lowest BCUT2D eigenvalue weighted by molar-refractivity contribution is -0.117. The molecule has 1 atom stereocenters. The van der Waals surface area contributed by atoms with Crippen molar-refractivity contribution < 1.29 is 9.53 Å². The van der Waals surface area contributed by atoms with Crippen molar-refractivity contribution in [2.75, 3.05) is 0 Å². The minimum atomic E-state index is -0.476. The molecule has 0 heterocycles. The average Bonchev–Trinajstić information content (AvgIpc) is 2.78. The minimum absolute atomic E-state index is 0.0479. The Morgan fingerprint density at radius 3 is 2.31 bits per heavy atom. The molecule has 0 fully saturated rings. The zero-order valence-corrected chi connectivity index (χ0v) is 19.2. The van der Waals surface area contributed by atoms with Gasteiger partial charge >= 0.3 is 0 Å². The number of nitrogens with one attached hydrogen (secondary N) is 1. The highest BCUT2D eigenvalue weighted by Gasteiger charge is 2.15. The first-order valence-electron chi connectivity index (χ1n) is 10.0. The molecule has 3 rings (SSSR count). The number of hydrogen-bond acceptors (Lipinski definition) is 3. The van der Waals surface area contributed by atoms with Gasteiger partial charge in [0.25, 0.3) is 5.91 Å². The van der Waals surface area contributed by atoms with E-state index in [9.17, 15) is 10.1 Å². The summed E-state index contributed by atoms with van der Waals surface area (Å²) in [7, 11) is 0. The van der Waals surface area contributed by atoms with Crippen LogP contribution in [-0.4, -0.2) is 5.91 Å². The van der Waals surface area contributed by atoms with Gasteiger partial charge in [0.1, 0.15) is 18.2 Å². The lowest BCUT2D eigenvalue weighted by Crippen LogP contribution is -2.27. The topological polar surface area (TPSA) is 62.1 Å². The van der Waals surface area contributed by atoms with E-state index in [0.29, 0.717) is 28.0 Å². The SMILES string of the molecule is Cc1ccc(COc2c(Cl)cc(/C=C(/C#N)C(=O)N[C@H](C)c3ccccc3)cc2Cl)cc1. The van der Waals surface area contributed by atoms with Gasteiger partial charge in [0.15, 0.2) is 5.75 Å². The van der Waals surface area contributed by atoms with Crippen LogP contribution >= 0.6 is 23.2 Å². The highest BCUT2D eigenvalue weighted by molar-refractivity contribution is 6.37. The van der Waals surface area contributed by atoms with Crippen molar-refractivity contribution in [1.82, 2.24) is 5.32 Å². The normalized spacial score (nSPS) is 12.0. The van der Waals surface area contributed by atoms with E-state index < -0.39 is 5.91 Å². The Hall–Kier alpha value is -3.26. The molecule has 4 nitrogen and oxygen atoms in total. The minimum Gasteiger partial charge on any atom is -0.486 e. The summed E-state index contributed by atoms with van der Waals surface area (Å²) < 4.78 is 5.80. The lowest BCUT2D eigenvalue weighted by atomic mass is 10.1. The van der Waals surface area contributed by atoms with Crippen LogP contribution in [-0.2, 0) is 11.4 Å². The molecular formula is C26H22Cl2N2O2. The smallest absolute Gasteiger partial charge is 0.262 e. The summed E-state index contributed by atoms with van der Waals surface area (Å²) in [6.07, 6.45) is 1.45. The predicted molar refractivity (Wildman–Crippen MR) is 129 cm³/mol. The van der Waals surface area contributed by atoms with Crippen LogP contribution in [0.4, 0.5) is 0 Å². The largest absolute Gasteiger partial charge is 0.486 e. The van der Waals surface area contributed by atoms with Gasteiger partial charge in [0, 0.05) is 0 Å². The first-order chi connectivity index (χ1) is 15.4. The third-order valence-corrected chi connectivity index (χ3v) is 5.41. The van der Waals surface area contributed by atoms with Gasteiger partial charge in [-0.3, -0.25) is 4.79 Å². The zero-order chi connectivity index (χ0) is 23.1. The number of carbonyl (C=O) groups excluding carboxylic acids is 1. The van der Waals surface area contributed by atoms with Crippen LogP contribution in [0.15, 0.2) is 72.3 Å². The first kappa shape index (κ1) is 23.4. The molecule has 3 aromatic rings. The Bertz CT molecular complexity index is 1140. The second kappa shape index (κ2) is 10.9. The van der Waals surface area contributed by atoms with Crippen molar-refractivity contribution >= 4 is 35.2 Å². The van der Waals surface area contributed by atoms with Crippen LogP contribution in [0, 0.1) is 18.3 Å². The average molecular weight is 465 g/mol. The van der Waals surface area contributed by atoms with Crippen molar-refractivity contribution in [2.24, 2.45) is 0 Å². The summed E-state index contributed by atoms with van der Waals surface area (Å²) in [4.78, 5) is 12.6. The number of rotatable bonds is 7. The lowest BCUT2D eigenvalue weighted by Gasteiger charge is -2.14. The summed E-state index contributed by atoms with van der Waals surface area (Å²) >= 11 is 12.7. The number of amides is 1. The number of hydrogen-bond donors (Lipinski definition) is 1. The van der Waals surface area contributed by atoms with Crippen LogP contribution in [0.2, 0.25) is 10.0 Å². The van der Waals surface area contributed by atoms with Gasteiger partial charge in [0.05, 0.1) is 16.1 Å². The number of nitriles is 1. The van der Waals surface area contributed by atoms with Gasteiger partial charge < -0.3 is 10.1 Å². The molecule has 0 aromatic heterocycles. The van der Waals surface area contributed by atoms with E-state index in [1.165, 1.54) is 6.08 Å². The van der Waals surface area contributed by atoms with Crippen molar-refractivity contribution in [3.05, 3.63) is 105 Å². The Morgan fingerprint density at radius 2 is 1.72 bits per heavy atom. The number of benzene rings is 3. The van der Waals surface area contributed by atoms with Crippen LogP contribution < -0.4 is 10.1 Å². The predicted octanol–water partition coefficient (Wildman–Crippen LogP) is 6.67. The van der Waals surface area contributed by atoms with Crippen molar-refractivity contribution in [2.45, 2.75) is 26.5 Å². The number of aryl methyl sites for hydroxylation is 1. The van der Waals surface area contributed by atoms with E-state index in [1.807, 2.05) is 74.5 Å². The molecule has 0 aliphatic rings. The molecule has 0 unspecified atom stereocenters. The number of halogens is 2. The zero-order valence-electron chi connectivity index (χ0n) is 17.7. The molecule has 0 bridgehead atoms. The van der Waals surface area contributed by atoms with Gasteiger partial charge in [-0.2, -0.15) is 5.26 Å². The van der Waals surface area contributed by atoms with Crippen molar-refractivity contribution in [1.29, 1.82) is 5.26 Å². The molecule has 1 amide bonds. The molecule has 32 heavy (non-hydrogen) atoms. The van der Waals surface area contributed by atoms with E-state index >= 15 is 0 Å². The van der Waals surface area contributed by atoms with Crippen LogP contribution in [0.5, 0.6) is 5.75 Å². The molecule has 1 N–H and O–H groups in total. The van der Waals surface area contributed by atoms with E-state index in [1.54, 1.807) is 12.1 Å². The molecule has 3 aromatic carbocycles. The van der Waals surface area contributed by atoms with Gasteiger partial charge in [0.2, 0.25) is 0 Å². The molecule has 0 spiro atoms. The highest BCUT2D eigenvalue weighted by atomic mass is 35.5. The number of carbonyl (C=O) groups is 1. The summed E-state index contributed by atoms with van der Waals surface area (Å²) in [5, 5.41) is 12.9. The second-order valence-electron chi connectivity index (χ2n) is 7.36. The second-order valence-corrected chi connectivity index (χ2v) is 8.18. The molecule has 0 saturated carbocycles. The van der Waals surface area contributed by atoms with Crippen LogP contribution in [0.3, 0.4) is 0 Å². The van der Waals surface area contributed by atoms with E-state index in [2.05, 4.69) is 5.32 Å². The number of nitrogens with zero attached hydrogens (tertiary/aromatic N) is 1. The molecule has 0 aliphatic heterocycles. The molecule has 6 heteroatoms. The standard InChI is InChI=1S/C26H22Cl2N2O2/c1-17-8-10-19(11-9-17)16-32-25-23(27)13-20(14-24(25)28)12-22(15-29)26(31)30-18(2)21-6-4-3-5-7-21/h3-14,18H,16H2,1-2H3,(H,30,31)/b22-12-/t18-/m1/s1. The third kappa shape index (κ3) is 6.13. The summed E-state index contributed by atoms with van der Waals surface area (Å²) in [6.45, 7) is 4.19. The Kier molecular flexibility index (Phi) is 7.94. The fraction of sp³-hybridized carbons (Fsp3) is 0.154. The highest BCUT2D eigenvalue weighted by Crippen LogP contribution is 2.35. The maximum absolute atomic E-state index is 12.6. The van der Waals surface area contributed by atoms with E-state index in [0.717, 1.165) is 16.7 Å². The van der Waals surface area contributed by atoms with Crippen LogP contribution in [0.1, 0.15) is 35.2 Å². The quantitative estimate of drug-likeness (QED) is 0.313. The summed E-state index contributed by atoms with van der Waals surface area (Å²) in [5.41, 5.74) is 3.58. The van der Waals surface area contributed by atoms with E-state index in [4.69, 9.17) is 27.9 Å². The van der Waals surface area contributed by atoms with Crippen LogP contribution in [0.25, 0.3) is 6.08 Å². The summed E-state index contributed by atoms with van der Waals surface area (Å²) in [5.74, 6) is -0.123. The summed E-state index contributed by atoms with van der Waals surface area (Å²) in [6, 6.07) is 22.4. The van der Waals surface area contributed by atoms with Crippen molar-refractivity contribution in [3.8, 4) is 11.8 Å². The molecular weight excluding hydrogens is 443 g/mol. The molecule has 162 valence electrons. The van der Waals surface area contributed by atoms with Crippen molar-refractivity contribution in [3.63, 3.8) is 0 Å². The van der Waals surface area contributed by atoms with Gasteiger partial charge in [-0.05, 0) is 48.7 Å². The maximum Gasteiger partial charge on any atom is 0.262 e. The fourth-order valence-electron chi connectivity index (χ4n) is 3.06. The van der Waals surface area contributed by atoms with Gasteiger partial charge in [-0.1, -0.05) is 83.4 Å². The molecule has 0 radical (unpaired) electrons. The Labute approximate surface area is 198 Å². The maximum atomic E-state index is 12.6. The number of ether oxygens (including phenoxy) is 1. The monoisotopic (exact) mass is 464 g/mol. The molecule has 0 saturated heterocycles. The third-order valence-electron chi connectivity index (χ3n) is 4.85. The fourth-order valence-corrected chi connectivity index (χ4v) is 3.67. The Morgan fingerprint density at radius 1 is 1.09 bits per heavy atom. The van der Waals surface area contributed by atoms with Gasteiger partial charge in [-0.25, -0.2) is 0 Å². The Balaban J connectivity index is 1.74. The van der Waals surface area contributed by atoms with Gasteiger partial charge in [-0.15, -0.1) is 0 Å².